The van der Waals surface area contributed by atoms with Gasteiger partial charge in [0.05, 0.1) is 12.1 Å². The number of para-hydroxylation sites is 1. The summed E-state index contributed by atoms with van der Waals surface area (Å²) in [7, 11) is 0. The Balaban J connectivity index is 1.67. The predicted molar refractivity (Wildman–Crippen MR) is 86.1 cm³/mol. The Hall–Kier alpha value is -2.36. The molecule has 23 heavy (non-hydrogen) atoms. The normalized spacial score (nSPS) is 17.9. The van der Waals surface area contributed by atoms with E-state index >= 15 is 0 Å². The molecule has 1 fully saturated rings. The number of amides is 1. The Morgan fingerprint density at radius 1 is 1.17 bits per heavy atom. The van der Waals surface area contributed by atoms with Crippen molar-refractivity contribution in [2.75, 3.05) is 11.4 Å². The largest absolute Gasteiger partial charge is 0.508 e. The van der Waals surface area contributed by atoms with Crippen LogP contribution in [0, 0.1) is 5.82 Å². The smallest absolute Gasteiger partial charge is 0.231 e. The van der Waals surface area contributed by atoms with Gasteiger partial charge < -0.3 is 10.0 Å². The van der Waals surface area contributed by atoms with Gasteiger partial charge in [0.1, 0.15) is 11.6 Å². The van der Waals surface area contributed by atoms with Gasteiger partial charge in [-0.05, 0) is 31.0 Å². The molecule has 0 aromatic heterocycles. The van der Waals surface area contributed by atoms with Crippen molar-refractivity contribution in [3.63, 3.8) is 0 Å². The summed E-state index contributed by atoms with van der Waals surface area (Å²) < 4.78 is 14.4. The first-order valence-corrected chi connectivity index (χ1v) is 7.97. The van der Waals surface area contributed by atoms with Gasteiger partial charge in [0.15, 0.2) is 0 Å². The minimum absolute atomic E-state index is 0.0953. The standard InChI is InChI=1S/C19H18FNO2/c20-14-6-3-7-15-18(14)19(9-4-10-19)12-21(15)17(23)11-13-5-1-2-8-16(13)22/h1-3,5-8,22H,4,9-12H2. The number of benzene rings is 2. The fraction of sp³-hybridized carbons (Fsp3) is 0.316. The third-order valence-corrected chi connectivity index (χ3v) is 5.22. The summed E-state index contributed by atoms with van der Waals surface area (Å²) >= 11 is 0. The Morgan fingerprint density at radius 2 is 1.96 bits per heavy atom. The van der Waals surface area contributed by atoms with Gasteiger partial charge in [0.2, 0.25) is 5.91 Å². The number of fused-ring (bicyclic) bond motifs is 2. The van der Waals surface area contributed by atoms with Crippen LogP contribution < -0.4 is 4.90 Å². The minimum Gasteiger partial charge on any atom is -0.508 e. The van der Waals surface area contributed by atoms with Crippen molar-refractivity contribution in [1.82, 2.24) is 0 Å². The fourth-order valence-corrected chi connectivity index (χ4v) is 3.88. The number of carbonyl (C=O) groups is 1. The number of rotatable bonds is 2. The molecule has 1 aliphatic carbocycles. The number of hydrogen-bond donors (Lipinski definition) is 1. The van der Waals surface area contributed by atoms with Crippen LogP contribution >= 0.6 is 0 Å². The van der Waals surface area contributed by atoms with Crippen molar-refractivity contribution >= 4 is 11.6 Å². The highest BCUT2D eigenvalue weighted by atomic mass is 19.1. The van der Waals surface area contributed by atoms with Crippen LogP contribution in [0.2, 0.25) is 0 Å². The average molecular weight is 311 g/mol. The van der Waals surface area contributed by atoms with Gasteiger partial charge in [-0.2, -0.15) is 0 Å². The van der Waals surface area contributed by atoms with Crippen molar-refractivity contribution in [3.05, 3.63) is 59.4 Å². The highest BCUT2D eigenvalue weighted by molar-refractivity contribution is 5.98. The molecule has 2 aliphatic rings. The summed E-state index contributed by atoms with van der Waals surface area (Å²) in [5, 5.41) is 9.87. The summed E-state index contributed by atoms with van der Waals surface area (Å²) in [6, 6.07) is 11.8. The van der Waals surface area contributed by atoms with E-state index in [1.807, 2.05) is 6.07 Å². The number of carbonyl (C=O) groups excluding carboxylic acids is 1. The highest BCUT2D eigenvalue weighted by Gasteiger charge is 2.50. The predicted octanol–water partition coefficient (Wildman–Crippen LogP) is 3.54. The van der Waals surface area contributed by atoms with Crippen LogP contribution in [-0.2, 0) is 16.6 Å². The summed E-state index contributed by atoms with van der Waals surface area (Å²) in [5.41, 5.74) is 1.81. The molecular formula is C19H18FNO2. The third-order valence-electron chi connectivity index (χ3n) is 5.22. The number of phenols is 1. The molecule has 3 nitrogen and oxygen atoms in total. The average Bonchev–Trinajstić information content (AvgIpc) is 2.87. The molecule has 118 valence electrons. The van der Waals surface area contributed by atoms with Crippen molar-refractivity contribution in [1.29, 1.82) is 0 Å². The Kier molecular flexibility index (Phi) is 3.15. The summed E-state index contributed by atoms with van der Waals surface area (Å²) in [6.07, 6.45) is 3.07. The second-order valence-corrected chi connectivity index (χ2v) is 6.55. The number of nitrogens with zero attached hydrogens (tertiary/aromatic N) is 1. The first-order valence-electron chi connectivity index (χ1n) is 7.97. The maximum absolute atomic E-state index is 14.4. The van der Waals surface area contributed by atoms with E-state index in [-0.39, 0.29) is 29.3 Å². The number of halogens is 1. The molecule has 1 aliphatic heterocycles. The monoisotopic (exact) mass is 311 g/mol. The van der Waals surface area contributed by atoms with E-state index in [1.54, 1.807) is 35.2 Å². The quantitative estimate of drug-likeness (QED) is 0.921. The van der Waals surface area contributed by atoms with E-state index < -0.39 is 0 Å². The first-order chi connectivity index (χ1) is 11.1. The number of phenolic OH excluding ortho intramolecular Hbond substituents is 1. The number of hydrogen-bond acceptors (Lipinski definition) is 2. The maximum atomic E-state index is 14.4. The summed E-state index contributed by atoms with van der Waals surface area (Å²) in [4.78, 5) is 14.5. The van der Waals surface area contributed by atoms with Gasteiger partial charge in [-0.3, -0.25) is 4.79 Å². The van der Waals surface area contributed by atoms with Crippen LogP contribution in [0.1, 0.15) is 30.4 Å². The van der Waals surface area contributed by atoms with E-state index in [2.05, 4.69) is 0 Å². The molecule has 1 N–H and O–H groups in total. The van der Waals surface area contributed by atoms with E-state index in [9.17, 15) is 14.3 Å². The molecule has 1 heterocycles. The van der Waals surface area contributed by atoms with Crippen molar-refractivity contribution in [2.45, 2.75) is 31.1 Å². The van der Waals surface area contributed by atoms with Crippen molar-refractivity contribution in [3.8, 4) is 5.75 Å². The lowest BCUT2D eigenvalue weighted by Crippen LogP contribution is -2.42. The molecule has 2 aromatic rings. The molecule has 1 amide bonds. The van der Waals surface area contributed by atoms with Gasteiger partial charge in [-0.25, -0.2) is 4.39 Å². The van der Waals surface area contributed by atoms with E-state index in [0.717, 1.165) is 19.3 Å². The van der Waals surface area contributed by atoms with Gasteiger partial charge >= 0.3 is 0 Å². The lowest BCUT2D eigenvalue weighted by Gasteiger charge is -2.39. The van der Waals surface area contributed by atoms with Crippen LogP contribution in [0.25, 0.3) is 0 Å². The van der Waals surface area contributed by atoms with Crippen LogP contribution in [-0.4, -0.2) is 17.6 Å². The molecular weight excluding hydrogens is 293 g/mol. The zero-order chi connectivity index (χ0) is 16.0. The Morgan fingerprint density at radius 3 is 2.65 bits per heavy atom. The zero-order valence-electron chi connectivity index (χ0n) is 12.8. The van der Waals surface area contributed by atoms with Gasteiger partial charge in [-0.1, -0.05) is 30.7 Å². The Labute approximate surface area is 134 Å². The van der Waals surface area contributed by atoms with Gasteiger partial charge in [0.25, 0.3) is 0 Å². The molecule has 4 rings (SSSR count). The summed E-state index contributed by atoms with van der Waals surface area (Å²) in [6.45, 7) is 0.551. The second-order valence-electron chi connectivity index (χ2n) is 6.55. The molecule has 0 radical (unpaired) electrons. The van der Waals surface area contributed by atoms with Gasteiger partial charge in [-0.15, -0.1) is 0 Å². The lowest BCUT2D eigenvalue weighted by atomic mass is 9.65. The first kappa shape index (κ1) is 14.2. The molecule has 0 saturated heterocycles. The van der Waals surface area contributed by atoms with E-state index in [0.29, 0.717) is 23.4 Å². The molecule has 0 unspecified atom stereocenters. The second kappa shape index (κ2) is 5.08. The van der Waals surface area contributed by atoms with Crippen LogP contribution in [0.4, 0.5) is 10.1 Å². The highest BCUT2D eigenvalue weighted by Crippen LogP contribution is 2.53. The number of anilines is 1. The van der Waals surface area contributed by atoms with Crippen LogP contribution in [0.5, 0.6) is 5.75 Å². The number of aromatic hydroxyl groups is 1. The zero-order valence-corrected chi connectivity index (χ0v) is 12.8. The van der Waals surface area contributed by atoms with Gasteiger partial charge in [0, 0.05) is 23.1 Å². The summed E-state index contributed by atoms with van der Waals surface area (Å²) in [5.74, 6) is -0.181. The van der Waals surface area contributed by atoms with E-state index in [1.165, 1.54) is 6.07 Å². The fourth-order valence-electron chi connectivity index (χ4n) is 3.88. The van der Waals surface area contributed by atoms with E-state index in [4.69, 9.17) is 0 Å². The SMILES string of the molecule is O=C(Cc1ccccc1O)N1CC2(CCC2)c2c(F)cccc21. The van der Waals surface area contributed by atoms with Crippen molar-refractivity contribution < 1.29 is 14.3 Å². The third kappa shape index (κ3) is 2.12. The minimum atomic E-state index is -0.208. The molecule has 0 atom stereocenters. The van der Waals surface area contributed by atoms with Crippen LogP contribution in [0.3, 0.4) is 0 Å². The maximum Gasteiger partial charge on any atom is 0.231 e. The van der Waals surface area contributed by atoms with Crippen molar-refractivity contribution in [2.24, 2.45) is 0 Å². The Bertz CT molecular complexity index is 783. The topological polar surface area (TPSA) is 40.5 Å². The molecule has 1 saturated carbocycles. The molecule has 2 aromatic carbocycles. The molecule has 1 spiro atoms. The van der Waals surface area contributed by atoms with Crippen LogP contribution in [0.15, 0.2) is 42.5 Å². The molecule has 4 heteroatoms. The molecule has 0 bridgehead atoms. The lowest BCUT2D eigenvalue weighted by molar-refractivity contribution is -0.118.